The van der Waals surface area contributed by atoms with Crippen LogP contribution in [0.15, 0.2) is 0 Å². The lowest BCUT2D eigenvalue weighted by Crippen LogP contribution is -2.67. The molecule has 14 heavy (non-hydrogen) atoms. The Balaban J connectivity index is 1.99. The van der Waals surface area contributed by atoms with E-state index < -0.39 is 0 Å². The van der Waals surface area contributed by atoms with Crippen LogP contribution in [-0.4, -0.2) is 41.6 Å². The van der Waals surface area contributed by atoms with E-state index in [2.05, 4.69) is 30.5 Å². The predicted octanol–water partition coefficient (Wildman–Crippen LogP) is 1.55. The van der Waals surface area contributed by atoms with Crippen molar-refractivity contribution in [3.63, 3.8) is 0 Å². The maximum Gasteiger partial charge on any atom is 0.0347 e. The van der Waals surface area contributed by atoms with E-state index >= 15 is 0 Å². The fraction of sp³-hybridized carbons (Fsp3) is 1.00. The molecule has 2 rings (SSSR count). The Morgan fingerprint density at radius 1 is 1.21 bits per heavy atom. The third kappa shape index (κ3) is 1.82. The van der Waals surface area contributed by atoms with Crippen molar-refractivity contribution >= 4 is 11.8 Å². The van der Waals surface area contributed by atoms with Crippen LogP contribution in [0.2, 0.25) is 0 Å². The average molecular weight is 214 g/mol. The summed E-state index contributed by atoms with van der Waals surface area (Å²) in [4.78, 5) is 2.63. The molecule has 2 nitrogen and oxygen atoms in total. The van der Waals surface area contributed by atoms with E-state index in [1.54, 1.807) is 0 Å². The van der Waals surface area contributed by atoms with E-state index in [-0.39, 0.29) is 0 Å². The van der Waals surface area contributed by atoms with Gasteiger partial charge in [-0.2, -0.15) is 11.8 Å². The minimum Gasteiger partial charge on any atom is -0.329 e. The summed E-state index contributed by atoms with van der Waals surface area (Å²) in [5, 5.41) is 0. The minimum absolute atomic E-state index is 0.362. The summed E-state index contributed by atoms with van der Waals surface area (Å²) in [5.74, 6) is 2.60. The predicted molar refractivity (Wildman–Crippen MR) is 63.7 cm³/mol. The van der Waals surface area contributed by atoms with Crippen molar-refractivity contribution < 1.29 is 0 Å². The van der Waals surface area contributed by atoms with Gasteiger partial charge in [-0.15, -0.1) is 0 Å². The summed E-state index contributed by atoms with van der Waals surface area (Å²) in [6.45, 7) is 8.05. The molecule has 0 amide bonds. The minimum atomic E-state index is 0.362. The largest absolute Gasteiger partial charge is 0.329 e. The highest BCUT2D eigenvalue weighted by Gasteiger charge is 2.46. The lowest BCUT2D eigenvalue weighted by molar-refractivity contribution is -0.0605. The summed E-state index contributed by atoms with van der Waals surface area (Å²) >= 11 is 2.08. The zero-order valence-corrected chi connectivity index (χ0v) is 10.2. The molecule has 2 aliphatic rings. The molecule has 0 aromatic carbocycles. The number of rotatable bonds is 2. The molecule has 0 unspecified atom stereocenters. The molecule has 2 aliphatic heterocycles. The van der Waals surface area contributed by atoms with Gasteiger partial charge in [0.2, 0.25) is 0 Å². The molecular formula is C11H22N2S. The van der Waals surface area contributed by atoms with Gasteiger partial charge in [0, 0.05) is 25.2 Å². The van der Waals surface area contributed by atoms with E-state index in [4.69, 9.17) is 5.73 Å². The maximum atomic E-state index is 5.99. The molecular weight excluding hydrogens is 192 g/mol. The molecule has 0 radical (unpaired) electrons. The molecule has 2 N–H and O–H groups in total. The van der Waals surface area contributed by atoms with Gasteiger partial charge >= 0.3 is 0 Å². The molecule has 0 aromatic rings. The molecule has 0 aromatic heterocycles. The van der Waals surface area contributed by atoms with Crippen LogP contribution in [0.1, 0.15) is 26.7 Å². The molecule has 2 heterocycles. The normalized spacial score (nSPS) is 31.1. The van der Waals surface area contributed by atoms with Crippen LogP contribution >= 0.6 is 11.8 Å². The Labute approximate surface area is 91.6 Å². The SMILES string of the molecule is CC1(C)CN(C2(CN)CCSCC2)C1. The van der Waals surface area contributed by atoms with Crippen LogP contribution in [0.5, 0.6) is 0 Å². The van der Waals surface area contributed by atoms with Crippen LogP contribution in [0.4, 0.5) is 0 Å². The van der Waals surface area contributed by atoms with Crippen molar-refractivity contribution in [3.8, 4) is 0 Å². The Bertz CT molecular complexity index is 201. The Morgan fingerprint density at radius 2 is 1.79 bits per heavy atom. The van der Waals surface area contributed by atoms with Gasteiger partial charge in [0.1, 0.15) is 0 Å². The number of hydrogen-bond acceptors (Lipinski definition) is 3. The summed E-state index contributed by atoms with van der Waals surface area (Å²) in [7, 11) is 0. The van der Waals surface area contributed by atoms with Gasteiger partial charge in [-0.05, 0) is 29.8 Å². The van der Waals surface area contributed by atoms with Crippen LogP contribution < -0.4 is 5.73 Å². The first-order chi connectivity index (χ1) is 6.58. The average Bonchev–Trinajstić information content (AvgIpc) is 2.15. The zero-order chi connectivity index (χ0) is 10.2. The smallest absolute Gasteiger partial charge is 0.0347 e. The van der Waals surface area contributed by atoms with Crippen molar-refractivity contribution in [2.24, 2.45) is 11.1 Å². The molecule has 2 fully saturated rings. The number of nitrogens with zero attached hydrogens (tertiary/aromatic N) is 1. The van der Waals surface area contributed by atoms with Crippen LogP contribution in [0, 0.1) is 5.41 Å². The molecule has 0 spiro atoms. The van der Waals surface area contributed by atoms with Crippen molar-refractivity contribution in [1.29, 1.82) is 0 Å². The molecule has 3 heteroatoms. The van der Waals surface area contributed by atoms with Crippen LogP contribution in [0.3, 0.4) is 0 Å². The lowest BCUT2D eigenvalue weighted by atomic mass is 9.77. The number of hydrogen-bond donors (Lipinski definition) is 1. The second-order valence-electron chi connectivity index (χ2n) is 5.56. The summed E-state index contributed by atoms with van der Waals surface area (Å²) in [6.07, 6.45) is 2.59. The highest BCUT2D eigenvalue weighted by Crippen LogP contribution is 2.40. The van der Waals surface area contributed by atoms with Crippen LogP contribution in [0.25, 0.3) is 0 Å². The summed E-state index contributed by atoms with van der Waals surface area (Å²) in [5.41, 5.74) is 6.88. The van der Waals surface area contributed by atoms with E-state index in [1.807, 2.05) is 0 Å². The topological polar surface area (TPSA) is 29.3 Å². The fourth-order valence-electron chi connectivity index (χ4n) is 2.72. The first kappa shape index (κ1) is 10.8. The van der Waals surface area contributed by atoms with Crippen molar-refractivity contribution in [1.82, 2.24) is 4.90 Å². The van der Waals surface area contributed by atoms with E-state index in [9.17, 15) is 0 Å². The summed E-state index contributed by atoms with van der Waals surface area (Å²) < 4.78 is 0. The molecule has 2 saturated heterocycles. The van der Waals surface area contributed by atoms with Crippen molar-refractivity contribution in [2.75, 3.05) is 31.1 Å². The number of nitrogens with two attached hydrogens (primary N) is 1. The first-order valence-electron chi connectivity index (χ1n) is 5.61. The van der Waals surface area contributed by atoms with Gasteiger partial charge in [0.25, 0.3) is 0 Å². The highest BCUT2D eigenvalue weighted by atomic mass is 32.2. The fourth-order valence-corrected chi connectivity index (χ4v) is 3.98. The molecule has 82 valence electrons. The monoisotopic (exact) mass is 214 g/mol. The molecule has 0 aliphatic carbocycles. The number of thioether (sulfide) groups is 1. The van der Waals surface area contributed by atoms with Crippen LogP contribution in [-0.2, 0) is 0 Å². The Kier molecular flexibility index (Phi) is 2.84. The van der Waals surface area contributed by atoms with Gasteiger partial charge in [0.15, 0.2) is 0 Å². The quantitative estimate of drug-likeness (QED) is 0.756. The lowest BCUT2D eigenvalue weighted by Gasteiger charge is -2.57. The summed E-state index contributed by atoms with van der Waals surface area (Å²) in [6, 6.07) is 0. The molecule has 0 bridgehead atoms. The van der Waals surface area contributed by atoms with Gasteiger partial charge < -0.3 is 5.73 Å². The second-order valence-corrected chi connectivity index (χ2v) is 6.79. The third-order valence-electron chi connectivity index (χ3n) is 3.71. The number of likely N-dealkylation sites (tertiary alicyclic amines) is 1. The van der Waals surface area contributed by atoms with Gasteiger partial charge in [0.05, 0.1) is 0 Å². The second kappa shape index (κ2) is 3.69. The van der Waals surface area contributed by atoms with Gasteiger partial charge in [-0.25, -0.2) is 0 Å². The van der Waals surface area contributed by atoms with E-state index in [0.717, 1.165) is 6.54 Å². The standard InChI is InChI=1S/C11H22N2S/c1-10(2)8-13(9-10)11(7-12)3-5-14-6-4-11/h3-9,12H2,1-2H3. The third-order valence-corrected chi connectivity index (χ3v) is 4.70. The zero-order valence-electron chi connectivity index (χ0n) is 9.38. The van der Waals surface area contributed by atoms with Gasteiger partial charge in [-0.1, -0.05) is 13.8 Å². The highest BCUT2D eigenvalue weighted by molar-refractivity contribution is 7.99. The van der Waals surface area contributed by atoms with E-state index in [0.29, 0.717) is 11.0 Å². The molecule has 0 atom stereocenters. The maximum absolute atomic E-state index is 5.99. The van der Waals surface area contributed by atoms with Crippen molar-refractivity contribution in [2.45, 2.75) is 32.2 Å². The first-order valence-corrected chi connectivity index (χ1v) is 6.76. The Morgan fingerprint density at radius 3 is 2.21 bits per heavy atom. The van der Waals surface area contributed by atoms with E-state index in [1.165, 1.54) is 37.4 Å². The Hall–Kier alpha value is 0.270. The van der Waals surface area contributed by atoms with Gasteiger partial charge in [-0.3, -0.25) is 4.90 Å². The van der Waals surface area contributed by atoms with Crippen molar-refractivity contribution in [3.05, 3.63) is 0 Å². The molecule has 0 saturated carbocycles.